The first-order valence-electron chi connectivity index (χ1n) is 7.13. The Kier molecular flexibility index (Phi) is 4.20. The van der Waals surface area contributed by atoms with E-state index >= 15 is 0 Å². The number of hydrogen-bond acceptors (Lipinski definition) is 6. The fourth-order valence-electron chi connectivity index (χ4n) is 2.04. The molecule has 0 fully saturated rings. The van der Waals surface area contributed by atoms with E-state index in [0.29, 0.717) is 11.7 Å². The Balaban J connectivity index is 1.66. The van der Waals surface area contributed by atoms with Crippen LogP contribution in [0.2, 0.25) is 0 Å². The lowest BCUT2D eigenvalue weighted by atomic mass is 10.1. The van der Waals surface area contributed by atoms with E-state index in [1.54, 1.807) is 17.5 Å². The monoisotopic (exact) mass is 314 g/mol. The van der Waals surface area contributed by atoms with Gasteiger partial charge in [0.25, 0.3) is 0 Å². The maximum atomic E-state index is 5.34. The van der Waals surface area contributed by atoms with Crippen molar-refractivity contribution in [3.05, 3.63) is 47.5 Å². The highest BCUT2D eigenvalue weighted by atomic mass is 32.1. The number of aryl methyl sites for hydroxylation is 3. The number of benzene rings is 1. The molecule has 0 unspecified atom stereocenters. The van der Waals surface area contributed by atoms with Crippen molar-refractivity contribution in [3.8, 4) is 10.7 Å². The molecule has 22 heavy (non-hydrogen) atoms. The van der Waals surface area contributed by atoms with Crippen LogP contribution in [0.4, 0.5) is 5.13 Å². The molecule has 0 aliphatic heterocycles. The standard InChI is InChI=1S/C16H18N4OS/c1-11-4-6-12(7-5-11)8-9-14-18-15(19-21-14)13-10-17-16(22-13)20(2)3/h4-7,10H,8-9H2,1-3H3. The van der Waals surface area contributed by atoms with Crippen LogP contribution in [0.3, 0.4) is 0 Å². The van der Waals surface area contributed by atoms with Crippen molar-refractivity contribution in [1.29, 1.82) is 0 Å². The predicted molar refractivity (Wildman–Crippen MR) is 88.3 cm³/mol. The average Bonchev–Trinajstić information content (AvgIpc) is 3.15. The molecule has 2 heterocycles. The lowest BCUT2D eigenvalue weighted by Crippen LogP contribution is -2.07. The van der Waals surface area contributed by atoms with Gasteiger partial charge in [-0.2, -0.15) is 4.98 Å². The fourth-order valence-corrected chi connectivity index (χ4v) is 2.80. The van der Waals surface area contributed by atoms with Crippen molar-refractivity contribution in [1.82, 2.24) is 15.1 Å². The van der Waals surface area contributed by atoms with E-state index in [2.05, 4.69) is 46.3 Å². The van der Waals surface area contributed by atoms with Gasteiger partial charge in [-0.05, 0) is 18.9 Å². The van der Waals surface area contributed by atoms with E-state index in [1.807, 2.05) is 19.0 Å². The maximum absolute atomic E-state index is 5.34. The lowest BCUT2D eigenvalue weighted by molar-refractivity contribution is 0.379. The molecule has 114 valence electrons. The molecule has 6 heteroatoms. The molecule has 2 aromatic heterocycles. The first kappa shape index (κ1) is 14.7. The zero-order valence-corrected chi connectivity index (χ0v) is 13.7. The van der Waals surface area contributed by atoms with Gasteiger partial charge in [-0.15, -0.1) is 0 Å². The zero-order valence-electron chi connectivity index (χ0n) is 12.9. The molecule has 0 saturated heterocycles. The maximum Gasteiger partial charge on any atom is 0.227 e. The Bertz CT molecular complexity index is 746. The van der Waals surface area contributed by atoms with Crippen molar-refractivity contribution in [3.63, 3.8) is 0 Å². The number of aromatic nitrogens is 3. The number of nitrogens with zero attached hydrogens (tertiary/aromatic N) is 4. The Hall–Kier alpha value is -2.21. The summed E-state index contributed by atoms with van der Waals surface area (Å²) in [4.78, 5) is 11.7. The normalized spacial score (nSPS) is 10.9. The summed E-state index contributed by atoms with van der Waals surface area (Å²) in [5.74, 6) is 1.28. The second-order valence-electron chi connectivity index (χ2n) is 5.40. The summed E-state index contributed by atoms with van der Waals surface area (Å²) >= 11 is 1.55. The first-order chi connectivity index (χ1) is 10.6. The summed E-state index contributed by atoms with van der Waals surface area (Å²) in [5.41, 5.74) is 2.55. The first-order valence-corrected chi connectivity index (χ1v) is 7.95. The molecular weight excluding hydrogens is 296 g/mol. The van der Waals surface area contributed by atoms with Crippen LogP contribution in [0.5, 0.6) is 0 Å². The third-order valence-electron chi connectivity index (χ3n) is 3.31. The van der Waals surface area contributed by atoms with Gasteiger partial charge in [-0.1, -0.05) is 46.3 Å². The highest BCUT2D eigenvalue weighted by molar-refractivity contribution is 7.18. The molecule has 0 bridgehead atoms. The highest BCUT2D eigenvalue weighted by Crippen LogP contribution is 2.28. The molecule has 0 spiro atoms. The Morgan fingerprint density at radius 3 is 2.59 bits per heavy atom. The highest BCUT2D eigenvalue weighted by Gasteiger charge is 2.12. The predicted octanol–water partition coefficient (Wildman–Crippen LogP) is 3.35. The van der Waals surface area contributed by atoms with Crippen LogP contribution in [-0.4, -0.2) is 29.2 Å². The molecule has 5 nitrogen and oxygen atoms in total. The third-order valence-corrected chi connectivity index (χ3v) is 4.47. The van der Waals surface area contributed by atoms with Crippen molar-refractivity contribution in [2.24, 2.45) is 0 Å². The van der Waals surface area contributed by atoms with E-state index in [9.17, 15) is 0 Å². The second-order valence-corrected chi connectivity index (χ2v) is 6.41. The molecule has 0 amide bonds. The second kappa shape index (κ2) is 6.27. The van der Waals surface area contributed by atoms with Gasteiger partial charge >= 0.3 is 0 Å². The van der Waals surface area contributed by atoms with Crippen molar-refractivity contribution < 1.29 is 4.52 Å². The molecular formula is C16H18N4OS. The lowest BCUT2D eigenvalue weighted by Gasteiger charge is -2.04. The van der Waals surface area contributed by atoms with Crippen molar-refractivity contribution in [2.45, 2.75) is 19.8 Å². The van der Waals surface area contributed by atoms with Crippen LogP contribution in [0.25, 0.3) is 10.7 Å². The molecule has 0 N–H and O–H groups in total. The number of thiazole rings is 1. The number of anilines is 1. The largest absolute Gasteiger partial charge is 0.354 e. The molecule has 0 atom stereocenters. The van der Waals surface area contributed by atoms with Crippen LogP contribution in [0.1, 0.15) is 17.0 Å². The molecule has 0 aliphatic carbocycles. The van der Waals surface area contributed by atoms with Crippen LogP contribution in [-0.2, 0) is 12.8 Å². The minimum absolute atomic E-state index is 0.615. The molecule has 0 aliphatic rings. The summed E-state index contributed by atoms with van der Waals surface area (Å²) in [6.07, 6.45) is 3.43. The Morgan fingerprint density at radius 1 is 1.14 bits per heavy atom. The van der Waals surface area contributed by atoms with Crippen molar-refractivity contribution >= 4 is 16.5 Å². The molecule has 0 saturated carbocycles. The van der Waals surface area contributed by atoms with Crippen LogP contribution < -0.4 is 4.90 Å². The van der Waals surface area contributed by atoms with Crippen LogP contribution in [0, 0.1) is 6.92 Å². The quantitative estimate of drug-likeness (QED) is 0.723. The molecule has 3 rings (SSSR count). The number of hydrogen-bond donors (Lipinski definition) is 0. The Morgan fingerprint density at radius 2 is 1.91 bits per heavy atom. The van der Waals surface area contributed by atoms with Gasteiger partial charge in [0.15, 0.2) is 5.13 Å². The van der Waals surface area contributed by atoms with Gasteiger partial charge in [-0.25, -0.2) is 4.98 Å². The third kappa shape index (κ3) is 3.33. The smallest absolute Gasteiger partial charge is 0.227 e. The summed E-state index contributed by atoms with van der Waals surface area (Å²) in [5, 5.41) is 4.98. The molecule has 3 aromatic rings. The van der Waals surface area contributed by atoms with Gasteiger partial charge in [-0.3, -0.25) is 0 Å². The van der Waals surface area contributed by atoms with E-state index in [4.69, 9.17) is 4.52 Å². The van der Waals surface area contributed by atoms with Gasteiger partial charge in [0.1, 0.15) is 0 Å². The summed E-state index contributed by atoms with van der Waals surface area (Å²) in [7, 11) is 3.93. The van der Waals surface area contributed by atoms with Gasteiger partial charge < -0.3 is 9.42 Å². The molecule has 0 radical (unpaired) electrons. The van der Waals surface area contributed by atoms with Crippen LogP contribution in [0.15, 0.2) is 35.0 Å². The van der Waals surface area contributed by atoms with E-state index in [-0.39, 0.29) is 0 Å². The molecule has 1 aromatic carbocycles. The summed E-state index contributed by atoms with van der Waals surface area (Å²) in [6, 6.07) is 8.52. The Labute approximate surface area is 133 Å². The minimum atomic E-state index is 0.615. The SMILES string of the molecule is Cc1ccc(CCc2nc(-c3cnc(N(C)C)s3)no2)cc1. The summed E-state index contributed by atoms with van der Waals surface area (Å²) in [6.45, 7) is 2.09. The van der Waals surface area contributed by atoms with Gasteiger partial charge in [0.05, 0.1) is 11.1 Å². The van der Waals surface area contributed by atoms with Gasteiger partial charge in [0, 0.05) is 20.5 Å². The summed E-state index contributed by atoms with van der Waals surface area (Å²) < 4.78 is 5.34. The van der Waals surface area contributed by atoms with Crippen molar-refractivity contribution in [2.75, 3.05) is 19.0 Å². The van der Waals surface area contributed by atoms with E-state index < -0.39 is 0 Å². The van der Waals surface area contributed by atoms with E-state index in [0.717, 1.165) is 22.9 Å². The minimum Gasteiger partial charge on any atom is -0.354 e. The zero-order chi connectivity index (χ0) is 15.5. The van der Waals surface area contributed by atoms with Gasteiger partial charge in [0.2, 0.25) is 11.7 Å². The number of rotatable bonds is 5. The van der Waals surface area contributed by atoms with E-state index in [1.165, 1.54) is 11.1 Å². The van der Waals surface area contributed by atoms with Crippen LogP contribution >= 0.6 is 11.3 Å². The topological polar surface area (TPSA) is 55.1 Å². The average molecular weight is 314 g/mol. The fraction of sp³-hybridized carbons (Fsp3) is 0.312.